The number of halogens is 1. The van der Waals surface area contributed by atoms with Crippen LogP contribution < -0.4 is 5.32 Å². The van der Waals surface area contributed by atoms with Crippen molar-refractivity contribution < 1.29 is 14.6 Å². The average Bonchev–Trinajstić information content (AvgIpc) is 2.41. The Kier molecular flexibility index (Phi) is 7.23. The van der Waals surface area contributed by atoms with Gasteiger partial charge in [-0.25, -0.2) is 0 Å². The highest BCUT2D eigenvalue weighted by Gasteiger charge is 2.07. The Morgan fingerprint density at radius 2 is 2.26 bits per heavy atom. The van der Waals surface area contributed by atoms with E-state index >= 15 is 0 Å². The molecule has 0 aliphatic heterocycles. The van der Waals surface area contributed by atoms with Crippen LogP contribution in [-0.4, -0.2) is 44.7 Å². The Balaban J connectivity index is 2.39. The highest BCUT2D eigenvalue weighted by Crippen LogP contribution is 2.20. The number of methoxy groups -OCH3 is 1. The summed E-state index contributed by atoms with van der Waals surface area (Å²) in [5.41, 5.74) is 1.09. The molecule has 0 amide bonds. The standard InChI is InChI=1S/C13H17ClN2O3/c1-18-4-5-19-9-12(17)8-16-13-6-11(14)3-2-10(13)7-15/h2-3,6,12,16-17H,4-5,8-9H2,1H3. The molecule has 0 aromatic heterocycles. The van der Waals surface area contributed by atoms with Crippen LogP contribution in [0.15, 0.2) is 18.2 Å². The van der Waals surface area contributed by atoms with Gasteiger partial charge < -0.3 is 19.9 Å². The van der Waals surface area contributed by atoms with Crippen molar-refractivity contribution >= 4 is 17.3 Å². The summed E-state index contributed by atoms with van der Waals surface area (Å²) in [4.78, 5) is 0. The number of ether oxygens (including phenoxy) is 2. The molecule has 0 fully saturated rings. The van der Waals surface area contributed by atoms with Gasteiger partial charge in [0.05, 0.1) is 37.2 Å². The van der Waals surface area contributed by atoms with Crippen LogP contribution in [0.1, 0.15) is 5.56 Å². The van der Waals surface area contributed by atoms with Gasteiger partial charge >= 0.3 is 0 Å². The van der Waals surface area contributed by atoms with E-state index in [-0.39, 0.29) is 13.2 Å². The lowest BCUT2D eigenvalue weighted by Gasteiger charge is -2.14. The molecule has 1 rings (SSSR count). The maximum atomic E-state index is 9.70. The van der Waals surface area contributed by atoms with Gasteiger partial charge in [-0.1, -0.05) is 11.6 Å². The number of rotatable bonds is 8. The number of hydrogen-bond donors (Lipinski definition) is 2. The zero-order chi connectivity index (χ0) is 14.1. The Bertz CT molecular complexity index is 434. The second-order valence-electron chi connectivity index (χ2n) is 3.90. The van der Waals surface area contributed by atoms with E-state index < -0.39 is 6.10 Å². The van der Waals surface area contributed by atoms with Crippen molar-refractivity contribution in [2.45, 2.75) is 6.10 Å². The summed E-state index contributed by atoms with van der Waals surface area (Å²) >= 11 is 5.86. The maximum absolute atomic E-state index is 9.70. The molecule has 1 atom stereocenters. The number of benzene rings is 1. The molecule has 0 heterocycles. The van der Waals surface area contributed by atoms with Crippen molar-refractivity contribution in [2.24, 2.45) is 0 Å². The first-order valence-electron chi connectivity index (χ1n) is 5.85. The van der Waals surface area contributed by atoms with Gasteiger partial charge in [-0.15, -0.1) is 0 Å². The molecule has 0 bridgehead atoms. The Hall–Kier alpha value is -1.32. The minimum absolute atomic E-state index is 0.207. The largest absolute Gasteiger partial charge is 0.389 e. The topological polar surface area (TPSA) is 74.5 Å². The van der Waals surface area contributed by atoms with E-state index in [1.54, 1.807) is 25.3 Å². The van der Waals surface area contributed by atoms with E-state index in [9.17, 15) is 5.11 Å². The molecule has 0 saturated carbocycles. The van der Waals surface area contributed by atoms with Crippen LogP contribution >= 0.6 is 11.6 Å². The summed E-state index contributed by atoms with van der Waals surface area (Å²) in [5, 5.41) is 22.2. The molecule has 19 heavy (non-hydrogen) atoms. The van der Waals surface area contributed by atoms with Crippen LogP contribution in [0.5, 0.6) is 0 Å². The normalized spacial score (nSPS) is 11.9. The lowest BCUT2D eigenvalue weighted by Crippen LogP contribution is -2.25. The van der Waals surface area contributed by atoms with Crippen molar-refractivity contribution in [3.8, 4) is 6.07 Å². The Morgan fingerprint density at radius 3 is 2.95 bits per heavy atom. The van der Waals surface area contributed by atoms with E-state index in [0.29, 0.717) is 29.5 Å². The third-order valence-corrected chi connectivity index (χ3v) is 2.61. The highest BCUT2D eigenvalue weighted by atomic mass is 35.5. The highest BCUT2D eigenvalue weighted by molar-refractivity contribution is 6.30. The first-order valence-corrected chi connectivity index (χ1v) is 6.23. The number of aliphatic hydroxyl groups is 1. The van der Waals surface area contributed by atoms with Crippen LogP contribution in [0.2, 0.25) is 5.02 Å². The average molecular weight is 285 g/mol. The molecule has 0 saturated heterocycles. The van der Waals surface area contributed by atoms with Gasteiger partial charge in [0, 0.05) is 18.7 Å². The summed E-state index contributed by atoms with van der Waals surface area (Å²) in [6, 6.07) is 6.99. The molecular weight excluding hydrogens is 268 g/mol. The summed E-state index contributed by atoms with van der Waals surface area (Å²) in [6.45, 7) is 1.42. The number of nitrogens with zero attached hydrogens (tertiary/aromatic N) is 1. The molecule has 104 valence electrons. The smallest absolute Gasteiger partial charge is 0.101 e. The second kappa shape index (κ2) is 8.73. The number of aliphatic hydroxyl groups excluding tert-OH is 1. The molecular formula is C13H17ClN2O3. The van der Waals surface area contributed by atoms with Crippen molar-refractivity contribution in [3.63, 3.8) is 0 Å². The molecule has 5 nitrogen and oxygen atoms in total. The molecule has 6 heteroatoms. The lowest BCUT2D eigenvalue weighted by atomic mass is 10.2. The molecule has 1 unspecified atom stereocenters. The number of anilines is 1. The monoisotopic (exact) mass is 284 g/mol. The predicted molar refractivity (Wildman–Crippen MR) is 73.4 cm³/mol. The van der Waals surface area contributed by atoms with Crippen molar-refractivity contribution in [1.82, 2.24) is 0 Å². The van der Waals surface area contributed by atoms with Crippen LogP contribution in [0, 0.1) is 11.3 Å². The van der Waals surface area contributed by atoms with Crippen molar-refractivity contribution in [2.75, 3.05) is 38.8 Å². The summed E-state index contributed by atoms with van der Waals surface area (Å²) in [6.07, 6.45) is -0.664. The van der Waals surface area contributed by atoms with E-state index in [1.807, 2.05) is 0 Å². The third kappa shape index (κ3) is 5.90. The summed E-state index contributed by atoms with van der Waals surface area (Å²) in [7, 11) is 1.59. The van der Waals surface area contributed by atoms with E-state index in [2.05, 4.69) is 11.4 Å². The molecule has 2 N–H and O–H groups in total. The predicted octanol–water partition coefficient (Wildman–Crippen LogP) is 1.65. The fourth-order valence-corrected chi connectivity index (χ4v) is 1.58. The van der Waals surface area contributed by atoms with Crippen LogP contribution in [0.25, 0.3) is 0 Å². The first-order chi connectivity index (χ1) is 9.17. The molecule has 0 aliphatic rings. The van der Waals surface area contributed by atoms with E-state index in [0.717, 1.165) is 0 Å². The quantitative estimate of drug-likeness (QED) is 0.710. The summed E-state index contributed by atoms with van der Waals surface area (Å²) < 4.78 is 10.0. The molecule has 0 aliphatic carbocycles. The number of nitriles is 1. The van der Waals surface area contributed by atoms with Gasteiger partial charge in [-0.2, -0.15) is 5.26 Å². The first kappa shape index (κ1) is 15.7. The number of hydrogen-bond acceptors (Lipinski definition) is 5. The zero-order valence-electron chi connectivity index (χ0n) is 10.7. The maximum Gasteiger partial charge on any atom is 0.101 e. The Morgan fingerprint density at radius 1 is 1.47 bits per heavy atom. The van der Waals surface area contributed by atoms with E-state index in [4.69, 9.17) is 26.3 Å². The second-order valence-corrected chi connectivity index (χ2v) is 4.34. The fraction of sp³-hybridized carbons (Fsp3) is 0.462. The van der Waals surface area contributed by atoms with Gasteiger partial charge in [-0.05, 0) is 18.2 Å². The van der Waals surface area contributed by atoms with Crippen molar-refractivity contribution in [3.05, 3.63) is 28.8 Å². The van der Waals surface area contributed by atoms with E-state index in [1.165, 1.54) is 0 Å². The van der Waals surface area contributed by atoms with Crippen LogP contribution in [0.3, 0.4) is 0 Å². The lowest BCUT2D eigenvalue weighted by molar-refractivity contribution is 0.0182. The molecule has 0 spiro atoms. The number of nitrogens with one attached hydrogen (secondary N) is 1. The minimum atomic E-state index is -0.664. The van der Waals surface area contributed by atoms with Crippen molar-refractivity contribution in [1.29, 1.82) is 5.26 Å². The third-order valence-electron chi connectivity index (χ3n) is 2.37. The van der Waals surface area contributed by atoms with Crippen LogP contribution in [-0.2, 0) is 9.47 Å². The van der Waals surface area contributed by atoms with Gasteiger partial charge in [0.2, 0.25) is 0 Å². The van der Waals surface area contributed by atoms with Gasteiger partial charge in [0.1, 0.15) is 6.07 Å². The minimum Gasteiger partial charge on any atom is -0.389 e. The van der Waals surface area contributed by atoms with Gasteiger partial charge in [-0.3, -0.25) is 0 Å². The Labute approximate surface area is 117 Å². The SMILES string of the molecule is COCCOCC(O)CNc1cc(Cl)ccc1C#N. The zero-order valence-corrected chi connectivity index (χ0v) is 11.5. The molecule has 1 aromatic carbocycles. The van der Waals surface area contributed by atoms with Crippen LogP contribution in [0.4, 0.5) is 5.69 Å². The molecule has 1 aromatic rings. The fourth-order valence-electron chi connectivity index (χ4n) is 1.41. The molecule has 0 radical (unpaired) electrons. The van der Waals surface area contributed by atoms with Gasteiger partial charge in [0.25, 0.3) is 0 Å². The summed E-state index contributed by atoms with van der Waals surface area (Å²) in [5.74, 6) is 0. The van der Waals surface area contributed by atoms with Gasteiger partial charge in [0.15, 0.2) is 0 Å².